The molecule has 2 aromatic rings. The SMILES string of the molecule is N#CC(Cc1ccc2c(c1)OCc1cc(F)ccc1-2)NC(=O)C1CNCCCO1. The fourth-order valence-corrected chi connectivity index (χ4v) is 3.65. The molecule has 6 nitrogen and oxygen atoms in total. The molecule has 2 aliphatic heterocycles. The molecule has 1 saturated heterocycles. The third-order valence-corrected chi connectivity index (χ3v) is 5.14. The lowest BCUT2D eigenvalue weighted by Gasteiger charge is -2.22. The zero-order valence-corrected chi connectivity index (χ0v) is 15.9. The number of amides is 1. The predicted molar refractivity (Wildman–Crippen MR) is 105 cm³/mol. The van der Waals surface area contributed by atoms with Crippen LogP contribution in [0.1, 0.15) is 17.5 Å². The predicted octanol–water partition coefficient (Wildman–Crippen LogP) is 2.31. The van der Waals surface area contributed by atoms with Gasteiger partial charge in [-0.2, -0.15) is 5.26 Å². The van der Waals surface area contributed by atoms with Gasteiger partial charge in [0.05, 0.1) is 6.07 Å². The maximum absolute atomic E-state index is 13.4. The van der Waals surface area contributed by atoms with E-state index in [1.807, 2.05) is 18.2 Å². The summed E-state index contributed by atoms with van der Waals surface area (Å²) < 4.78 is 24.8. The van der Waals surface area contributed by atoms with Gasteiger partial charge < -0.3 is 20.1 Å². The first-order chi connectivity index (χ1) is 14.1. The molecule has 7 heteroatoms. The molecule has 4 rings (SSSR count). The minimum atomic E-state index is -0.669. The van der Waals surface area contributed by atoms with Crippen LogP contribution in [-0.4, -0.2) is 37.7 Å². The van der Waals surface area contributed by atoms with Crippen molar-refractivity contribution >= 4 is 5.91 Å². The van der Waals surface area contributed by atoms with Crippen LogP contribution in [0.15, 0.2) is 36.4 Å². The smallest absolute Gasteiger partial charge is 0.251 e. The number of hydrogen-bond donors (Lipinski definition) is 2. The minimum Gasteiger partial charge on any atom is -0.488 e. The molecule has 150 valence electrons. The van der Waals surface area contributed by atoms with Crippen LogP contribution in [0.2, 0.25) is 0 Å². The van der Waals surface area contributed by atoms with Crippen LogP contribution in [0.4, 0.5) is 4.39 Å². The average molecular weight is 395 g/mol. The first-order valence-corrected chi connectivity index (χ1v) is 9.71. The standard InChI is InChI=1S/C22H22FN3O3/c23-16-3-5-18-15(10-16)13-29-20-9-14(2-4-19(18)20)8-17(11-24)26-22(27)21-12-25-6-1-7-28-21/h2-5,9-10,17,21,25H,1,6-8,12-13H2,(H,26,27). The van der Waals surface area contributed by atoms with Gasteiger partial charge in [-0.1, -0.05) is 18.2 Å². The number of fused-ring (bicyclic) bond motifs is 3. The van der Waals surface area contributed by atoms with Crippen molar-refractivity contribution in [2.24, 2.45) is 0 Å². The van der Waals surface area contributed by atoms with Crippen molar-refractivity contribution in [3.8, 4) is 22.9 Å². The molecule has 2 aliphatic rings. The summed E-state index contributed by atoms with van der Waals surface area (Å²) >= 11 is 0. The van der Waals surface area contributed by atoms with E-state index in [9.17, 15) is 14.4 Å². The summed E-state index contributed by atoms with van der Waals surface area (Å²) in [5, 5.41) is 15.4. The summed E-state index contributed by atoms with van der Waals surface area (Å²) in [6.45, 7) is 2.08. The molecular formula is C22H22FN3O3. The monoisotopic (exact) mass is 395 g/mol. The van der Waals surface area contributed by atoms with E-state index >= 15 is 0 Å². The zero-order valence-electron chi connectivity index (χ0n) is 15.9. The van der Waals surface area contributed by atoms with Crippen LogP contribution < -0.4 is 15.4 Å². The van der Waals surface area contributed by atoms with Gasteiger partial charge in [-0.25, -0.2) is 4.39 Å². The van der Waals surface area contributed by atoms with Gasteiger partial charge in [-0.3, -0.25) is 4.79 Å². The summed E-state index contributed by atoms with van der Waals surface area (Å²) in [7, 11) is 0. The number of hydrogen-bond acceptors (Lipinski definition) is 5. The molecule has 1 amide bonds. The van der Waals surface area contributed by atoms with E-state index in [0.29, 0.717) is 31.9 Å². The summed E-state index contributed by atoms with van der Waals surface area (Å²) in [6, 6.07) is 11.8. The maximum atomic E-state index is 13.4. The quantitative estimate of drug-likeness (QED) is 0.830. The van der Waals surface area contributed by atoms with Crippen molar-refractivity contribution in [2.75, 3.05) is 19.7 Å². The van der Waals surface area contributed by atoms with Gasteiger partial charge in [0.15, 0.2) is 0 Å². The van der Waals surface area contributed by atoms with Crippen LogP contribution in [0.5, 0.6) is 5.75 Å². The second kappa shape index (κ2) is 8.60. The molecule has 0 aliphatic carbocycles. The number of carbonyl (C=O) groups is 1. The van der Waals surface area contributed by atoms with Crippen LogP contribution in [0.3, 0.4) is 0 Å². The molecule has 2 atom stereocenters. The second-order valence-electron chi connectivity index (χ2n) is 7.23. The van der Waals surface area contributed by atoms with E-state index < -0.39 is 12.1 Å². The number of nitrogens with one attached hydrogen (secondary N) is 2. The third kappa shape index (κ3) is 4.39. The highest BCUT2D eigenvalue weighted by Crippen LogP contribution is 2.38. The van der Waals surface area contributed by atoms with Gasteiger partial charge >= 0.3 is 0 Å². The van der Waals surface area contributed by atoms with E-state index in [-0.39, 0.29) is 11.7 Å². The van der Waals surface area contributed by atoms with Gasteiger partial charge in [0.2, 0.25) is 0 Å². The highest BCUT2D eigenvalue weighted by Gasteiger charge is 2.24. The van der Waals surface area contributed by atoms with E-state index in [4.69, 9.17) is 9.47 Å². The molecule has 0 saturated carbocycles. The van der Waals surface area contributed by atoms with Crippen LogP contribution in [0, 0.1) is 17.1 Å². The Kier molecular flexibility index (Phi) is 5.74. The Morgan fingerprint density at radius 1 is 1.31 bits per heavy atom. The highest BCUT2D eigenvalue weighted by molar-refractivity contribution is 5.81. The van der Waals surface area contributed by atoms with Crippen LogP contribution in [0.25, 0.3) is 11.1 Å². The fourth-order valence-electron chi connectivity index (χ4n) is 3.65. The normalized spacial score (nSPS) is 19.0. The van der Waals surface area contributed by atoms with Crippen molar-refractivity contribution in [2.45, 2.75) is 31.6 Å². The molecule has 1 fully saturated rings. The van der Waals surface area contributed by atoms with Crippen molar-refractivity contribution in [3.63, 3.8) is 0 Å². The average Bonchev–Trinajstić information content (AvgIpc) is 3.02. The Morgan fingerprint density at radius 2 is 2.17 bits per heavy atom. The lowest BCUT2D eigenvalue weighted by atomic mass is 9.94. The molecule has 2 N–H and O–H groups in total. The van der Waals surface area contributed by atoms with Crippen molar-refractivity contribution in [1.82, 2.24) is 10.6 Å². The molecule has 29 heavy (non-hydrogen) atoms. The number of carbonyl (C=O) groups excluding carboxylic acids is 1. The van der Waals surface area contributed by atoms with Crippen LogP contribution in [-0.2, 0) is 22.6 Å². The minimum absolute atomic E-state index is 0.281. The van der Waals surface area contributed by atoms with Crippen molar-refractivity contribution < 1.29 is 18.7 Å². The molecular weight excluding hydrogens is 373 g/mol. The Bertz CT molecular complexity index is 949. The first kappa shape index (κ1) is 19.4. The molecule has 2 unspecified atom stereocenters. The molecule has 2 aromatic carbocycles. The van der Waals surface area contributed by atoms with Crippen LogP contribution >= 0.6 is 0 Å². The van der Waals surface area contributed by atoms with Gasteiger partial charge in [0, 0.05) is 30.7 Å². The number of halogens is 1. The number of nitrogens with zero attached hydrogens (tertiary/aromatic N) is 1. The molecule has 0 bridgehead atoms. The summed E-state index contributed by atoms with van der Waals surface area (Å²) in [4.78, 5) is 12.4. The molecule has 2 heterocycles. The Balaban J connectivity index is 1.46. The largest absolute Gasteiger partial charge is 0.488 e. The van der Waals surface area contributed by atoms with Gasteiger partial charge in [0.1, 0.15) is 30.3 Å². The summed E-state index contributed by atoms with van der Waals surface area (Å²) in [5.41, 5.74) is 3.53. The lowest BCUT2D eigenvalue weighted by molar-refractivity contribution is -0.132. The molecule has 0 radical (unpaired) electrons. The highest BCUT2D eigenvalue weighted by atomic mass is 19.1. The second-order valence-corrected chi connectivity index (χ2v) is 7.23. The van der Waals surface area contributed by atoms with Crippen molar-refractivity contribution in [3.05, 3.63) is 53.3 Å². The number of rotatable bonds is 4. The topological polar surface area (TPSA) is 83.4 Å². The van der Waals surface area contributed by atoms with Gasteiger partial charge in [-0.05, 0) is 42.3 Å². The Labute approximate surface area is 168 Å². The zero-order chi connectivity index (χ0) is 20.2. The van der Waals surface area contributed by atoms with Crippen molar-refractivity contribution in [1.29, 1.82) is 5.26 Å². The van der Waals surface area contributed by atoms with E-state index in [1.54, 1.807) is 6.07 Å². The molecule has 0 aromatic heterocycles. The van der Waals surface area contributed by atoms with E-state index in [0.717, 1.165) is 35.2 Å². The van der Waals surface area contributed by atoms with E-state index in [1.165, 1.54) is 12.1 Å². The lowest BCUT2D eigenvalue weighted by Crippen LogP contribution is -2.46. The van der Waals surface area contributed by atoms with Gasteiger partial charge in [0.25, 0.3) is 5.91 Å². The van der Waals surface area contributed by atoms with Gasteiger partial charge in [-0.15, -0.1) is 0 Å². The maximum Gasteiger partial charge on any atom is 0.251 e. The number of ether oxygens (including phenoxy) is 2. The number of nitriles is 1. The molecule has 0 spiro atoms. The number of benzene rings is 2. The third-order valence-electron chi connectivity index (χ3n) is 5.14. The summed E-state index contributed by atoms with van der Waals surface area (Å²) in [5.74, 6) is 0.130. The Hall–Kier alpha value is -2.95. The first-order valence-electron chi connectivity index (χ1n) is 9.71. The Morgan fingerprint density at radius 3 is 3.03 bits per heavy atom. The summed E-state index contributed by atoms with van der Waals surface area (Å²) in [6.07, 6.45) is 0.628. The van der Waals surface area contributed by atoms with E-state index in [2.05, 4.69) is 16.7 Å². The fraction of sp³-hybridized carbons (Fsp3) is 0.364.